The van der Waals surface area contributed by atoms with E-state index >= 15 is 0 Å². The standard InChI is InChI=1S/C24H22ClN3O5/c1-31-20-11-12-21(22(13-20)32-2)27-23(29)24(30)28-26-14-16-5-9-19(10-6-16)33-15-17-3-7-18(25)8-4-17/h3-14H,15H2,1-2H3,(H,27,29)(H,28,30)/b26-14+. The van der Waals surface area contributed by atoms with Gasteiger partial charge in [-0.05, 0) is 59.7 Å². The number of anilines is 1. The van der Waals surface area contributed by atoms with Gasteiger partial charge in [0.1, 0.15) is 23.9 Å². The van der Waals surface area contributed by atoms with E-state index in [4.69, 9.17) is 25.8 Å². The number of carbonyl (C=O) groups is 2. The number of hydrogen-bond acceptors (Lipinski definition) is 6. The molecule has 0 fully saturated rings. The highest BCUT2D eigenvalue weighted by Crippen LogP contribution is 2.28. The molecule has 0 bridgehead atoms. The molecule has 9 heteroatoms. The minimum atomic E-state index is -0.924. The fourth-order valence-corrected chi connectivity index (χ4v) is 2.82. The van der Waals surface area contributed by atoms with Crippen molar-refractivity contribution in [2.24, 2.45) is 5.10 Å². The molecule has 0 aliphatic rings. The number of benzene rings is 3. The lowest BCUT2D eigenvalue weighted by atomic mass is 10.2. The zero-order chi connectivity index (χ0) is 23.6. The van der Waals surface area contributed by atoms with Crippen LogP contribution in [0.2, 0.25) is 5.02 Å². The molecular formula is C24H22ClN3O5. The van der Waals surface area contributed by atoms with Crippen LogP contribution in [0.5, 0.6) is 17.2 Å². The molecular weight excluding hydrogens is 446 g/mol. The predicted molar refractivity (Wildman–Crippen MR) is 126 cm³/mol. The lowest BCUT2D eigenvalue weighted by molar-refractivity contribution is -0.136. The number of rotatable bonds is 8. The van der Waals surface area contributed by atoms with Gasteiger partial charge in [-0.3, -0.25) is 9.59 Å². The Kier molecular flexibility index (Phi) is 8.26. The number of ether oxygens (including phenoxy) is 3. The Morgan fingerprint density at radius 1 is 0.909 bits per heavy atom. The van der Waals surface area contributed by atoms with Crippen LogP contribution in [0.15, 0.2) is 71.8 Å². The molecule has 0 saturated heterocycles. The summed E-state index contributed by atoms with van der Waals surface area (Å²) in [6.07, 6.45) is 1.42. The molecule has 0 spiro atoms. The van der Waals surface area contributed by atoms with Gasteiger partial charge in [-0.15, -0.1) is 0 Å². The first-order chi connectivity index (χ1) is 16.0. The molecule has 0 aromatic heterocycles. The minimum Gasteiger partial charge on any atom is -0.497 e. The molecule has 0 radical (unpaired) electrons. The Morgan fingerprint density at radius 3 is 2.27 bits per heavy atom. The van der Waals surface area contributed by atoms with Crippen molar-refractivity contribution in [1.29, 1.82) is 0 Å². The molecule has 0 unspecified atom stereocenters. The highest BCUT2D eigenvalue weighted by molar-refractivity contribution is 6.39. The summed E-state index contributed by atoms with van der Waals surface area (Å²) in [5, 5.41) is 6.96. The van der Waals surface area contributed by atoms with Crippen molar-refractivity contribution < 1.29 is 23.8 Å². The first-order valence-electron chi connectivity index (χ1n) is 9.82. The number of hydrazone groups is 1. The number of halogens is 1. The molecule has 3 aromatic rings. The molecule has 2 amide bonds. The summed E-state index contributed by atoms with van der Waals surface area (Å²) in [6, 6.07) is 19.3. The van der Waals surface area contributed by atoms with Crippen LogP contribution in [0.4, 0.5) is 5.69 Å². The maximum Gasteiger partial charge on any atom is 0.329 e. The van der Waals surface area contributed by atoms with E-state index in [1.54, 1.807) is 42.5 Å². The van der Waals surface area contributed by atoms with E-state index in [2.05, 4.69) is 15.8 Å². The molecule has 3 rings (SSSR count). The molecule has 170 valence electrons. The molecule has 0 aliphatic carbocycles. The number of methoxy groups -OCH3 is 2. The van der Waals surface area contributed by atoms with E-state index < -0.39 is 11.8 Å². The van der Waals surface area contributed by atoms with E-state index in [-0.39, 0.29) is 0 Å². The molecule has 0 aliphatic heterocycles. The molecule has 3 aromatic carbocycles. The second-order valence-electron chi connectivity index (χ2n) is 6.70. The van der Waals surface area contributed by atoms with E-state index in [9.17, 15) is 9.59 Å². The summed E-state index contributed by atoms with van der Waals surface area (Å²) in [5.74, 6) is -0.217. The van der Waals surface area contributed by atoms with Gasteiger partial charge in [-0.25, -0.2) is 5.43 Å². The number of carbonyl (C=O) groups excluding carboxylic acids is 2. The maximum absolute atomic E-state index is 12.1. The van der Waals surface area contributed by atoms with Crippen LogP contribution in [0.1, 0.15) is 11.1 Å². The van der Waals surface area contributed by atoms with Crippen molar-refractivity contribution in [3.05, 3.63) is 82.9 Å². The highest BCUT2D eigenvalue weighted by Gasteiger charge is 2.15. The van der Waals surface area contributed by atoms with Crippen molar-refractivity contribution in [3.63, 3.8) is 0 Å². The van der Waals surface area contributed by atoms with Gasteiger partial charge in [0.25, 0.3) is 0 Å². The monoisotopic (exact) mass is 467 g/mol. The minimum absolute atomic E-state index is 0.330. The van der Waals surface area contributed by atoms with Gasteiger partial charge in [0, 0.05) is 11.1 Å². The molecule has 2 N–H and O–H groups in total. The van der Waals surface area contributed by atoms with Crippen LogP contribution in [-0.4, -0.2) is 32.2 Å². The van der Waals surface area contributed by atoms with Gasteiger partial charge in [0.15, 0.2) is 0 Å². The molecule has 0 atom stereocenters. The third-order valence-electron chi connectivity index (χ3n) is 4.44. The van der Waals surface area contributed by atoms with E-state index in [0.717, 1.165) is 5.56 Å². The fraction of sp³-hybridized carbons (Fsp3) is 0.125. The van der Waals surface area contributed by atoms with Gasteiger partial charge in [0.2, 0.25) is 0 Å². The largest absolute Gasteiger partial charge is 0.497 e. The predicted octanol–water partition coefficient (Wildman–Crippen LogP) is 4.03. The Bertz CT molecular complexity index is 1130. The lowest BCUT2D eigenvalue weighted by Crippen LogP contribution is -2.32. The van der Waals surface area contributed by atoms with Gasteiger partial charge >= 0.3 is 11.8 Å². The first-order valence-corrected chi connectivity index (χ1v) is 10.2. The van der Waals surface area contributed by atoms with Crippen LogP contribution in [-0.2, 0) is 16.2 Å². The van der Waals surface area contributed by atoms with Crippen LogP contribution < -0.4 is 25.0 Å². The zero-order valence-corrected chi connectivity index (χ0v) is 18.8. The lowest BCUT2D eigenvalue weighted by Gasteiger charge is -2.10. The number of amides is 2. The maximum atomic E-state index is 12.1. The molecule has 0 saturated carbocycles. The van der Waals surface area contributed by atoms with Gasteiger partial charge < -0.3 is 19.5 Å². The smallest absolute Gasteiger partial charge is 0.329 e. The summed E-state index contributed by atoms with van der Waals surface area (Å²) >= 11 is 5.87. The van der Waals surface area contributed by atoms with Crippen LogP contribution in [0.25, 0.3) is 0 Å². The van der Waals surface area contributed by atoms with Crippen molar-refractivity contribution in [2.75, 3.05) is 19.5 Å². The molecule has 0 heterocycles. The average Bonchev–Trinajstić information content (AvgIpc) is 2.84. The Balaban J connectivity index is 1.49. The number of nitrogens with zero attached hydrogens (tertiary/aromatic N) is 1. The summed E-state index contributed by atoms with van der Waals surface area (Å²) in [6.45, 7) is 0.411. The number of nitrogens with one attached hydrogen (secondary N) is 2. The van der Waals surface area contributed by atoms with E-state index in [1.807, 2.05) is 24.3 Å². The third kappa shape index (κ3) is 6.98. The second-order valence-corrected chi connectivity index (χ2v) is 7.14. The summed E-state index contributed by atoms with van der Waals surface area (Å²) in [5.41, 5.74) is 4.23. The Hall–Kier alpha value is -4.04. The average molecular weight is 468 g/mol. The Labute approximate surface area is 196 Å². The van der Waals surface area contributed by atoms with Gasteiger partial charge in [0.05, 0.1) is 26.1 Å². The summed E-state index contributed by atoms with van der Waals surface area (Å²) in [4.78, 5) is 24.1. The van der Waals surface area contributed by atoms with E-state index in [0.29, 0.717) is 40.1 Å². The second kappa shape index (κ2) is 11.5. The third-order valence-corrected chi connectivity index (χ3v) is 4.69. The SMILES string of the molecule is COc1ccc(NC(=O)C(=O)N/N=C/c2ccc(OCc3ccc(Cl)cc3)cc2)c(OC)c1. The van der Waals surface area contributed by atoms with Crippen LogP contribution in [0, 0.1) is 0 Å². The highest BCUT2D eigenvalue weighted by atomic mass is 35.5. The van der Waals surface area contributed by atoms with Crippen LogP contribution >= 0.6 is 11.6 Å². The number of hydrogen-bond donors (Lipinski definition) is 2. The van der Waals surface area contributed by atoms with E-state index in [1.165, 1.54) is 20.4 Å². The van der Waals surface area contributed by atoms with Crippen molar-refractivity contribution in [2.45, 2.75) is 6.61 Å². The van der Waals surface area contributed by atoms with Crippen molar-refractivity contribution in [3.8, 4) is 17.2 Å². The summed E-state index contributed by atoms with van der Waals surface area (Å²) < 4.78 is 16.0. The van der Waals surface area contributed by atoms with Crippen molar-refractivity contribution >= 4 is 35.3 Å². The van der Waals surface area contributed by atoms with Gasteiger partial charge in [-0.1, -0.05) is 23.7 Å². The van der Waals surface area contributed by atoms with Crippen molar-refractivity contribution in [1.82, 2.24) is 5.43 Å². The van der Waals surface area contributed by atoms with Gasteiger partial charge in [-0.2, -0.15) is 5.10 Å². The zero-order valence-electron chi connectivity index (χ0n) is 18.0. The molecule has 33 heavy (non-hydrogen) atoms. The normalized spacial score (nSPS) is 10.5. The fourth-order valence-electron chi connectivity index (χ4n) is 2.69. The Morgan fingerprint density at radius 2 is 1.61 bits per heavy atom. The topological polar surface area (TPSA) is 98.2 Å². The first kappa shape index (κ1) is 23.6. The van der Waals surface area contributed by atoms with Crippen LogP contribution in [0.3, 0.4) is 0 Å². The molecule has 8 nitrogen and oxygen atoms in total. The summed E-state index contributed by atoms with van der Waals surface area (Å²) in [7, 11) is 2.96. The quantitative estimate of drug-likeness (QED) is 0.296.